The molecule has 15 heavy (non-hydrogen) atoms. The van der Waals surface area contributed by atoms with E-state index in [0.717, 1.165) is 18.1 Å². The third-order valence-corrected chi connectivity index (χ3v) is 2.88. The van der Waals surface area contributed by atoms with Crippen molar-refractivity contribution in [1.29, 1.82) is 0 Å². The number of nitrogens with one attached hydrogen (secondary N) is 1. The molecule has 0 unspecified atom stereocenters. The molecule has 82 valence electrons. The first-order valence-corrected chi connectivity index (χ1v) is 5.57. The second kappa shape index (κ2) is 4.62. The van der Waals surface area contributed by atoms with E-state index in [0.29, 0.717) is 6.10 Å². The molecule has 1 N–H and O–H groups in total. The summed E-state index contributed by atoms with van der Waals surface area (Å²) in [6, 6.07) is 4.06. The summed E-state index contributed by atoms with van der Waals surface area (Å²) >= 11 is 0. The Kier molecular flexibility index (Phi) is 3.21. The lowest BCUT2D eigenvalue weighted by Crippen LogP contribution is -2.25. The number of aromatic nitrogens is 1. The molecule has 1 aliphatic rings. The molecule has 3 nitrogen and oxygen atoms in total. The zero-order valence-electron chi connectivity index (χ0n) is 9.42. The lowest BCUT2D eigenvalue weighted by molar-refractivity contribution is 0.114. The highest BCUT2D eigenvalue weighted by molar-refractivity contribution is 5.25. The highest BCUT2D eigenvalue weighted by Crippen LogP contribution is 2.24. The van der Waals surface area contributed by atoms with Gasteiger partial charge >= 0.3 is 0 Å². The maximum Gasteiger partial charge on any atom is 0.213 e. The number of hydrogen-bond acceptors (Lipinski definition) is 3. The van der Waals surface area contributed by atoms with E-state index in [1.54, 1.807) is 0 Å². The van der Waals surface area contributed by atoms with Gasteiger partial charge in [-0.3, -0.25) is 0 Å². The Morgan fingerprint density at radius 2 is 2.27 bits per heavy atom. The Hall–Kier alpha value is -1.09. The maximum atomic E-state index is 5.73. The van der Waals surface area contributed by atoms with Gasteiger partial charge < -0.3 is 10.1 Å². The Morgan fingerprint density at radius 3 is 2.80 bits per heavy atom. The molecule has 0 saturated heterocycles. The average molecular weight is 206 g/mol. The summed E-state index contributed by atoms with van der Waals surface area (Å²) in [5, 5.41) is 3.13. The zero-order chi connectivity index (χ0) is 10.7. The highest BCUT2D eigenvalue weighted by Gasteiger charge is 2.19. The molecular weight excluding hydrogens is 188 g/mol. The van der Waals surface area contributed by atoms with Crippen LogP contribution in [0, 0.1) is 6.92 Å². The molecule has 0 spiro atoms. The van der Waals surface area contributed by atoms with E-state index in [9.17, 15) is 0 Å². The lowest BCUT2D eigenvalue weighted by Gasteiger charge is -2.25. The van der Waals surface area contributed by atoms with E-state index >= 15 is 0 Å². The van der Waals surface area contributed by atoms with Crippen LogP contribution < -0.4 is 10.1 Å². The van der Waals surface area contributed by atoms with Crippen molar-refractivity contribution in [3.8, 4) is 5.88 Å². The van der Waals surface area contributed by atoms with E-state index < -0.39 is 0 Å². The van der Waals surface area contributed by atoms with Gasteiger partial charge in [0.1, 0.15) is 6.10 Å². The predicted molar refractivity (Wildman–Crippen MR) is 60.0 cm³/mol. The van der Waals surface area contributed by atoms with Gasteiger partial charge in [0.2, 0.25) is 5.88 Å². The van der Waals surface area contributed by atoms with Crippen LogP contribution in [0.25, 0.3) is 0 Å². The van der Waals surface area contributed by atoms with Crippen LogP contribution in [-0.2, 0) is 6.54 Å². The summed E-state index contributed by atoms with van der Waals surface area (Å²) in [6.07, 6.45) is 4.06. The van der Waals surface area contributed by atoms with E-state index in [1.807, 2.05) is 20.0 Å². The van der Waals surface area contributed by atoms with Crippen molar-refractivity contribution >= 4 is 0 Å². The number of nitrogens with zero attached hydrogens (tertiary/aromatic N) is 1. The van der Waals surface area contributed by atoms with Crippen LogP contribution in [-0.4, -0.2) is 18.1 Å². The molecule has 0 amide bonds. The molecule has 0 atom stereocenters. The molecule has 1 saturated carbocycles. The minimum Gasteiger partial charge on any atom is -0.474 e. The van der Waals surface area contributed by atoms with E-state index in [2.05, 4.69) is 16.4 Å². The molecule has 0 aromatic carbocycles. The Morgan fingerprint density at radius 1 is 1.47 bits per heavy atom. The third kappa shape index (κ3) is 2.48. The molecule has 1 aromatic heterocycles. The molecule has 0 aliphatic heterocycles. The number of aryl methyl sites for hydroxylation is 1. The quantitative estimate of drug-likeness (QED) is 0.818. The molecule has 1 aromatic rings. The van der Waals surface area contributed by atoms with Gasteiger partial charge in [-0.1, -0.05) is 6.07 Å². The van der Waals surface area contributed by atoms with Crippen LogP contribution in [0.3, 0.4) is 0 Å². The van der Waals surface area contributed by atoms with Crippen molar-refractivity contribution in [2.75, 3.05) is 7.05 Å². The molecule has 3 heteroatoms. The fourth-order valence-corrected chi connectivity index (χ4v) is 1.67. The van der Waals surface area contributed by atoms with Crippen LogP contribution in [0.4, 0.5) is 0 Å². The minimum absolute atomic E-state index is 0.409. The second-order valence-electron chi connectivity index (χ2n) is 4.10. The van der Waals surface area contributed by atoms with Crippen molar-refractivity contribution in [1.82, 2.24) is 10.3 Å². The number of pyridine rings is 1. The van der Waals surface area contributed by atoms with Crippen LogP contribution in [0.5, 0.6) is 5.88 Å². The first-order valence-electron chi connectivity index (χ1n) is 5.57. The van der Waals surface area contributed by atoms with Gasteiger partial charge in [0.05, 0.1) is 0 Å². The SMILES string of the molecule is CNCc1ccc(OC2CCC2)nc1C. The molecule has 1 fully saturated rings. The van der Waals surface area contributed by atoms with Crippen molar-refractivity contribution in [3.63, 3.8) is 0 Å². The minimum atomic E-state index is 0.409. The summed E-state index contributed by atoms with van der Waals surface area (Å²) < 4.78 is 5.73. The fraction of sp³-hybridized carbons (Fsp3) is 0.583. The maximum absolute atomic E-state index is 5.73. The summed E-state index contributed by atoms with van der Waals surface area (Å²) in [4.78, 5) is 4.45. The summed E-state index contributed by atoms with van der Waals surface area (Å²) in [7, 11) is 1.94. The van der Waals surface area contributed by atoms with Gasteiger partial charge in [0, 0.05) is 18.3 Å². The molecule has 0 radical (unpaired) electrons. The molecular formula is C12H18N2O. The Bertz CT molecular complexity index is 334. The molecule has 2 rings (SSSR count). The van der Waals surface area contributed by atoms with Gasteiger partial charge in [-0.25, -0.2) is 4.98 Å². The van der Waals surface area contributed by atoms with Gasteiger partial charge in [-0.2, -0.15) is 0 Å². The first-order chi connectivity index (χ1) is 7.29. The standard InChI is InChI=1S/C12H18N2O/c1-9-10(8-13-2)6-7-12(14-9)15-11-4-3-5-11/h6-7,11,13H,3-5,8H2,1-2H3. The van der Waals surface area contributed by atoms with Gasteiger partial charge in [0.15, 0.2) is 0 Å². The van der Waals surface area contributed by atoms with Crippen LogP contribution >= 0.6 is 0 Å². The summed E-state index contributed by atoms with van der Waals surface area (Å²) in [5.74, 6) is 0.775. The number of rotatable bonds is 4. The van der Waals surface area contributed by atoms with Crippen molar-refractivity contribution in [3.05, 3.63) is 23.4 Å². The largest absolute Gasteiger partial charge is 0.474 e. The van der Waals surface area contributed by atoms with Crippen molar-refractivity contribution in [2.24, 2.45) is 0 Å². The second-order valence-corrected chi connectivity index (χ2v) is 4.10. The van der Waals surface area contributed by atoms with Crippen molar-refractivity contribution < 1.29 is 4.74 Å². The number of hydrogen-bond donors (Lipinski definition) is 1. The van der Waals surface area contributed by atoms with Gasteiger partial charge in [-0.15, -0.1) is 0 Å². The third-order valence-electron chi connectivity index (χ3n) is 2.88. The van der Waals surface area contributed by atoms with Crippen LogP contribution in [0.15, 0.2) is 12.1 Å². The van der Waals surface area contributed by atoms with Crippen LogP contribution in [0.1, 0.15) is 30.5 Å². The first kappa shape index (κ1) is 10.4. The lowest BCUT2D eigenvalue weighted by atomic mass is 9.96. The molecule has 1 aliphatic carbocycles. The van der Waals surface area contributed by atoms with E-state index in [1.165, 1.54) is 24.8 Å². The highest BCUT2D eigenvalue weighted by atomic mass is 16.5. The Balaban J connectivity index is 2.03. The smallest absolute Gasteiger partial charge is 0.213 e. The zero-order valence-corrected chi connectivity index (χ0v) is 9.42. The topological polar surface area (TPSA) is 34.1 Å². The van der Waals surface area contributed by atoms with E-state index in [-0.39, 0.29) is 0 Å². The summed E-state index contributed by atoms with van der Waals surface area (Å²) in [5.41, 5.74) is 2.29. The molecule has 1 heterocycles. The Labute approximate surface area is 90.9 Å². The average Bonchev–Trinajstić information content (AvgIpc) is 2.16. The predicted octanol–water partition coefficient (Wildman–Crippen LogP) is 2.04. The summed E-state index contributed by atoms with van der Waals surface area (Å²) in [6.45, 7) is 2.89. The molecule has 0 bridgehead atoms. The number of ether oxygens (including phenoxy) is 1. The normalized spacial score (nSPS) is 16.1. The fourth-order valence-electron chi connectivity index (χ4n) is 1.67. The van der Waals surface area contributed by atoms with Gasteiger partial charge in [0.25, 0.3) is 0 Å². The monoisotopic (exact) mass is 206 g/mol. The van der Waals surface area contributed by atoms with Crippen LogP contribution in [0.2, 0.25) is 0 Å². The van der Waals surface area contributed by atoms with Crippen molar-refractivity contribution in [2.45, 2.75) is 38.8 Å². The van der Waals surface area contributed by atoms with E-state index in [4.69, 9.17) is 4.74 Å². The van der Waals surface area contributed by atoms with Gasteiger partial charge in [-0.05, 0) is 38.8 Å².